The molecular formula is C10H11N3O5S2. The first-order chi connectivity index (χ1) is 9.29. The number of aryl methyl sites for hydroxylation is 2. The van der Waals surface area contributed by atoms with Gasteiger partial charge in [0.15, 0.2) is 15.8 Å². The Balaban J connectivity index is 2.25. The molecule has 0 radical (unpaired) electrons. The van der Waals surface area contributed by atoms with Crippen LogP contribution in [-0.2, 0) is 21.2 Å². The number of nitrogens with zero attached hydrogens (tertiary/aromatic N) is 2. The van der Waals surface area contributed by atoms with Gasteiger partial charge >= 0.3 is 5.97 Å². The first kappa shape index (κ1) is 14.5. The number of anilines is 1. The van der Waals surface area contributed by atoms with Gasteiger partial charge in [0.2, 0.25) is 0 Å². The topological polar surface area (TPSA) is 122 Å². The van der Waals surface area contributed by atoms with Gasteiger partial charge in [-0.05, 0) is 13.8 Å². The molecule has 0 bridgehead atoms. The third-order valence-electron chi connectivity index (χ3n) is 2.34. The number of aromatic nitrogens is 2. The van der Waals surface area contributed by atoms with Crippen LogP contribution >= 0.6 is 11.3 Å². The molecule has 0 saturated heterocycles. The van der Waals surface area contributed by atoms with E-state index in [0.29, 0.717) is 5.69 Å². The molecule has 2 aromatic heterocycles. The van der Waals surface area contributed by atoms with E-state index in [1.54, 1.807) is 0 Å². The Kier molecular flexibility index (Phi) is 3.77. The summed E-state index contributed by atoms with van der Waals surface area (Å²) in [5, 5.41) is 13.8. The molecule has 0 atom stereocenters. The largest absolute Gasteiger partial charge is 0.481 e. The Labute approximate surface area is 118 Å². The van der Waals surface area contributed by atoms with Crippen LogP contribution in [0.1, 0.15) is 17.1 Å². The van der Waals surface area contributed by atoms with Crippen molar-refractivity contribution in [3.63, 3.8) is 0 Å². The van der Waals surface area contributed by atoms with E-state index in [9.17, 15) is 13.2 Å². The van der Waals surface area contributed by atoms with Crippen LogP contribution in [0.2, 0.25) is 0 Å². The van der Waals surface area contributed by atoms with E-state index in [0.717, 1.165) is 11.3 Å². The summed E-state index contributed by atoms with van der Waals surface area (Å²) in [6, 6.07) is 0. The molecule has 0 aliphatic heterocycles. The van der Waals surface area contributed by atoms with Crippen molar-refractivity contribution >= 4 is 32.5 Å². The lowest BCUT2D eigenvalue weighted by Crippen LogP contribution is -2.14. The van der Waals surface area contributed by atoms with Crippen molar-refractivity contribution in [2.24, 2.45) is 0 Å². The highest BCUT2D eigenvalue weighted by Crippen LogP contribution is 2.24. The van der Waals surface area contributed by atoms with Crippen molar-refractivity contribution in [2.75, 3.05) is 4.72 Å². The lowest BCUT2D eigenvalue weighted by molar-refractivity contribution is -0.136. The summed E-state index contributed by atoms with van der Waals surface area (Å²) in [5.74, 6) is -0.854. The molecule has 0 aliphatic rings. The maximum Gasteiger partial charge on any atom is 0.309 e. The minimum Gasteiger partial charge on any atom is -0.481 e. The molecule has 0 aliphatic carbocycles. The van der Waals surface area contributed by atoms with Gasteiger partial charge in [-0.3, -0.25) is 9.52 Å². The van der Waals surface area contributed by atoms with Crippen molar-refractivity contribution in [1.82, 2.24) is 10.1 Å². The summed E-state index contributed by atoms with van der Waals surface area (Å²) >= 11 is 1.01. The lowest BCUT2D eigenvalue weighted by Gasteiger charge is -2.03. The fourth-order valence-electron chi connectivity index (χ4n) is 1.61. The van der Waals surface area contributed by atoms with Gasteiger partial charge < -0.3 is 9.63 Å². The Morgan fingerprint density at radius 2 is 2.20 bits per heavy atom. The van der Waals surface area contributed by atoms with Gasteiger partial charge in [-0.25, -0.2) is 13.4 Å². The van der Waals surface area contributed by atoms with Gasteiger partial charge in [0.05, 0.1) is 12.1 Å². The van der Waals surface area contributed by atoms with Crippen LogP contribution in [0.5, 0.6) is 0 Å². The summed E-state index contributed by atoms with van der Waals surface area (Å²) in [5.41, 5.74) is 0.538. The fraction of sp³-hybridized carbons (Fsp3) is 0.300. The zero-order chi connectivity index (χ0) is 14.9. The van der Waals surface area contributed by atoms with Crippen molar-refractivity contribution in [1.29, 1.82) is 0 Å². The van der Waals surface area contributed by atoms with Gasteiger partial charge in [0.1, 0.15) is 5.69 Å². The maximum absolute atomic E-state index is 12.2. The third kappa shape index (κ3) is 2.96. The minimum absolute atomic E-state index is 0.0347. The average Bonchev–Trinajstić information content (AvgIpc) is 2.85. The molecule has 0 unspecified atom stereocenters. The quantitative estimate of drug-likeness (QED) is 0.848. The average molecular weight is 317 g/mol. The van der Waals surface area contributed by atoms with Crippen LogP contribution in [0.25, 0.3) is 0 Å². The molecule has 0 saturated carbocycles. The Morgan fingerprint density at radius 1 is 1.50 bits per heavy atom. The van der Waals surface area contributed by atoms with Crippen LogP contribution in [-0.4, -0.2) is 29.6 Å². The molecule has 8 nitrogen and oxygen atoms in total. The standard InChI is InChI=1S/C10H11N3O5S2/c1-5-9(6(2)18-12-5)20(16,17)13-10-11-7(4-19-10)3-8(14)15/h4H,3H2,1-2H3,(H,11,13)(H,14,15). The monoisotopic (exact) mass is 317 g/mol. The molecule has 0 spiro atoms. The van der Waals surface area contributed by atoms with Crippen molar-refractivity contribution in [2.45, 2.75) is 25.2 Å². The number of carbonyl (C=O) groups is 1. The van der Waals surface area contributed by atoms with Gasteiger partial charge in [-0.1, -0.05) is 5.16 Å². The van der Waals surface area contributed by atoms with Crippen molar-refractivity contribution in [3.8, 4) is 0 Å². The van der Waals surface area contributed by atoms with Gasteiger partial charge in [-0.15, -0.1) is 11.3 Å². The van der Waals surface area contributed by atoms with Crippen molar-refractivity contribution in [3.05, 3.63) is 22.5 Å². The SMILES string of the molecule is Cc1noc(C)c1S(=O)(=O)Nc1nc(CC(=O)O)cs1. The van der Waals surface area contributed by atoms with Crippen LogP contribution < -0.4 is 4.72 Å². The van der Waals surface area contributed by atoms with Crippen LogP contribution in [0.3, 0.4) is 0 Å². The number of aliphatic carboxylic acids is 1. The number of carboxylic acids is 1. The molecular weight excluding hydrogens is 306 g/mol. The maximum atomic E-state index is 12.2. The molecule has 2 rings (SSSR count). The van der Waals surface area contributed by atoms with Gasteiger partial charge in [0.25, 0.3) is 10.0 Å². The molecule has 2 N–H and O–H groups in total. The number of nitrogens with one attached hydrogen (secondary N) is 1. The zero-order valence-corrected chi connectivity index (χ0v) is 12.2. The summed E-state index contributed by atoms with van der Waals surface area (Å²) in [7, 11) is -3.85. The second-order valence-electron chi connectivity index (χ2n) is 3.97. The molecule has 108 valence electrons. The van der Waals surface area contributed by atoms with Crippen LogP contribution in [0.4, 0.5) is 5.13 Å². The molecule has 0 aromatic carbocycles. The lowest BCUT2D eigenvalue weighted by atomic mass is 10.3. The van der Waals surface area contributed by atoms with E-state index in [-0.39, 0.29) is 27.9 Å². The highest BCUT2D eigenvalue weighted by Gasteiger charge is 2.25. The summed E-state index contributed by atoms with van der Waals surface area (Å²) < 4.78 is 31.4. The summed E-state index contributed by atoms with van der Waals surface area (Å²) in [4.78, 5) is 14.4. The van der Waals surface area contributed by atoms with Crippen LogP contribution in [0, 0.1) is 13.8 Å². The molecule has 0 amide bonds. The molecule has 2 aromatic rings. The fourth-order valence-corrected chi connectivity index (χ4v) is 3.91. The number of carboxylic acid groups (broad SMARTS) is 1. The first-order valence-electron chi connectivity index (χ1n) is 5.41. The highest BCUT2D eigenvalue weighted by atomic mass is 32.2. The first-order valence-corrected chi connectivity index (χ1v) is 7.78. The zero-order valence-electron chi connectivity index (χ0n) is 10.6. The van der Waals surface area contributed by atoms with E-state index >= 15 is 0 Å². The Hall–Kier alpha value is -1.94. The molecule has 2 heterocycles. The summed E-state index contributed by atoms with van der Waals surface area (Å²) in [6.07, 6.45) is -0.260. The van der Waals surface area contributed by atoms with Gasteiger partial charge in [-0.2, -0.15) is 0 Å². The normalized spacial score (nSPS) is 11.5. The van der Waals surface area contributed by atoms with E-state index < -0.39 is 16.0 Å². The molecule has 10 heteroatoms. The summed E-state index contributed by atoms with van der Waals surface area (Å²) in [6.45, 7) is 3.01. The van der Waals surface area contributed by atoms with E-state index in [2.05, 4.69) is 14.9 Å². The van der Waals surface area contributed by atoms with E-state index in [1.165, 1.54) is 19.2 Å². The third-order valence-corrected chi connectivity index (χ3v) is 4.86. The van der Waals surface area contributed by atoms with Crippen LogP contribution in [0.15, 0.2) is 14.8 Å². The number of rotatable bonds is 5. The highest BCUT2D eigenvalue weighted by molar-refractivity contribution is 7.93. The Morgan fingerprint density at radius 3 is 2.75 bits per heavy atom. The second kappa shape index (κ2) is 5.21. The smallest absolute Gasteiger partial charge is 0.309 e. The van der Waals surface area contributed by atoms with E-state index in [4.69, 9.17) is 9.63 Å². The van der Waals surface area contributed by atoms with Crippen molar-refractivity contribution < 1.29 is 22.8 Å². The Bertz CT molecular complexity index is 727. The minimum atomic E-state index is -3.85. The van der Waals surface area contributed by atoms with Gasteiger partial charge in [0, 0.05) is 5.38 Å². The predicted octanol–water partition coefficient (Wildman–Crippen LogP) is 1.18. The molecule has 0 fully saturated rings. The number of thiazole rings is 1. The predicted molar refractivity (Wildman–Crippen MR) is 70.2 cm³/mol. The molecule has 20 heavy (non-hydrogen) atoms. The number of hydrogen-bond acceptors (Lipinski definition) is 7. The second-order valence-corrected chi connectivity index (χ2v) is 6.45. The number of hydrogen-bond donors (Lipinski definition) is 2. The number of sulfonamides is 1. The van der Waals surface area contributed by atoms with E-state index in [1.807, 2.05) is 0 Å².